The first-order valence-corrected chi connectivity index (χ1v) is 4.77. The molecule has 0 saturated heterocycles. The third kappa shape index (κ3) is 1.38. The van der Waals surface area contributed by atoms with Crippen LogP contribution in [0.15, 0.2) is 36.5 Å². The molecule has 2 nitrogen and oxygen atoms in total. The van der Waals surface area contributed by atoms with E-state index in [1.165, 1.54) is 0 Å². The van der Waals surface area contributed by atoms with Crippen LogP contribution < -0.4 is 4.90 Å². The molecule has 70 valence electrons. The van der Waals surface area contributed by atoms with Gasteiger partial charge in [-0.1, -0.05) is 18.2 Å². The number of para-hydroxylation sites is 1. The second kappa shape index (κ2) is 3.55. The van der Waals surface area contributed by atoms with Gasteiger partial charge in [-0.2, -0.15) is 5.26 Å². The topological polar surface area (TPSA) is 27.0 Å². The zero-order valence-electron chi connectivity index (χ0n) is 8.14. The smallest absolute Gasteiger partial charge is 0.101 e. The van der Waals surface area contributed by atoms with Gasteiger partial charge in [-0.05, 0) is 25.5 Å². The van der Waals surface area contributed by atoms with Crippen molar-refractivity contribution in [3.05, 3.63) is 42.1 Å². The second-order valence-corrected chi connectivity index (χ2v) is 3.51. The fraction of sp³-hybridized carbons (Fsp3) is 0.250. The highest BCUT2D eigenvalue weighted by Gasteiger charge is 2.17. The van der Waals surface area contributed by atoms with E-state index in [9.17, 15) is 0 Å². The molecule has 1 aliphatic heterocycles. The van der Waals surface area contributed by atoms with Crippen LogP contribution in [0.25, 0.3) is 0 Å². The molecular formula is C12H12N2. The van der Waals surface area contributed by atoms with Gasteiger partial charge in [0.2, 0.25) is 0 Å². The molecule has 1 aromatic rings. The quantitative estimate of drug-likeness (QED) is 0.671. The SMILES string of the molecule is CC1CC=CN1c1ccccc1C#N. The second-order valence-electron chi connectivity index (χ2n) is 3.51. The Morgan fingerprint density at radius 2 is 2.21 bits per heavy atom. The summed E-state index contributed by atoms with van der Waals surface area (Å²) >= 11 is 0. The Balaban J connectivity index is 2.41. The van der Waals surface area contributed by atoms with Crippen molar-refractivity contribution in [2.75, 3.05) is 4.90 Å². The zero-order valence-corrected chi connectivity index (χ0v) is 8.14. The predicted molar refractivity (Wildman–Crippen MR) is 56.9 cm³/mol. The summed E-state index contributed by atoms with van der Waals surface area (Å²) < 4.78 is 0. The van der Waals surface area contributed by atoms with Crippen LogP contribution in [0.4, 0.5) is 5.69 Å². The molecule has 0 aliphatic carbocycles. The van der Waals surface area contributed by atoms with Crippen LogP contribution in [0.5, 0.6) is 0 Å². The highest BCUT2D eigenvalue weighted by molar-refractivity contribution is 5.62. The summed E-state index contributed by atoms with van der Waals surface area (Å²) in [6.45, 7) is 2.16. The van der Waals surface area contributed by atoms with E-state index >= 15 is 0 Å². The molecule has 0 aromatic heterocycles. The molecule has 1 heterocycles. The molecule has 0 fully saturated rings. The first-order chi connectivity index (χ1) is 6.83. The van der Waals surface area contributed by atoms with Crippen molar-refractivity contribution in [3.8, 4) is 6.07 Å². The maximum Gasteiger partial charge on any atom is 0.101 e. The molecule has 2 rings (SSSR count). The Bertz CT molecular complexity index is 401. The molecule has 0 spiro atoms. The van der Waals surface area contributed by atoms with E-state index < -0.39 is 0 Å². The van der Waals surface area contributed by atoms with Crippen molar-refractivity contribution < 1.29 is 0 Å². The van der Waals surface area contributed by atoms with E-state index in [2.05, 4.69) is 30.2 Å². The van der Waals surface area contributed by atoms with Gasteiger partial charge in [0.25, 0.3) is 0 Å². The van der Waals surface area contributed by atoms with E-state index in [0.29, 0.717) is 6.04 Å². The van der Waals surface area contributed by atoms with Crippen molar-refractivity contribution in [1.82, 2.24) is 0 Å². The van der Waals surface area contributed by atoms with Gasteiger partial charge in [-0.3, -0.25) is 0 Å². The molecule has 0 saturated carbocycles. The largest absolute Gasteiger partial charge is 0.344 e. The van der Waals surface area contributed by atoms with E-state index in [4.69, 9.17) is 5.26 Å². The number of hydrogen-bond acceptors (Lipinski definition) is 2. The van der Waals surface area contributed by atoms with E-state index in [-0.39, 0.29) is 0 Å². The van der Waals surface area contributed by atoms with Crippen LogP contribution in [-0.2, 0) is 0 Å². The summed E-state index contributed by atoms with van der Waals surface area (Å²) in [6, 6.07) is 10.4. The summed E-state index contributed by atoms with van der Waals surface area (Å²) in [7, 11) is 0. The molecule has 1 aliphatic rings. The average molecular weight is 184 g/mol. The summed E-state index contributed by atoms with van der Waals surface area (Å²) in [4.78, 5) is 2.15. The first kappa shape index (κ1) is 8.83. The van der Waals surface area contributed by atoms with E-state index in [0.717, 1.165) is 17.7 Å². The summed E-state index contributed by atoms with van der Waals surface area (Å²) in [6.07, 6.45) is 5.25. The third-order valence-electron chi connectivity index (χ3n) is 2.52. The Morgan fingerprint density at radius 3 is 2.86 bits per heavy atom. The molecule has 0 bridgehead atoms. The molecule has 1 aromatic carbocycles. The van der Waals surface area contributed by atoms with Gasteiger partial charge in [-0.25, -0.2) is 0 Å². The van der Waals surface area contributed by atoms with Gasteiger partial charge < -0.3 is 4.90 Å². The van der Waals surface area contributed by atoms with Gasteiger partial charge in [0, 0.05) is 12.2 Å². The molecule has 14 heavy (non-hydrogen) atoms. The van der Waals surface area contributed by atoms with Crippen molar-refractivity contribution >= 4 is 5.69 Å². The minimum atomic E-state index is 0.462. The lowest BCUT2D eigenvalue weighted by Gasteiger charge is -2.23. The van der Waals surface area contributed by atoms with Crippen LogP contribution in [0, 0.1) is 11.3 Å². The standard InChI is InChI=1S/C12H12N2/c1-10-5-4-8-14(10)12-7-3-2-6-11(12)9-13/h2-4,6-8,10H,5H2,1H3. The number of benzene rings is 1. The summed E-state index contributed by atoms with van der Waals surface area (Å²) in [5.74, 6) is 0. The summed E-state index contributed by atoms with van der Waals surface area (Å²) in [5, 5.41) is 8.96. The van der Waals surface area contributed by atoms with Gasteiger partial charge in [0.15, 0.2) is 0 Å². The minimum Gasteiger partial charge on any atom is -0.344 e. The Morgan fingerprint density at radius 1 is 1.43 bits per heavy atom. The number of anilines is 1. The Labute approximate surface area is 84.1 Å². The van der Waals surface area contributed by atoms with Crippen LogP contribution >= 0.6 is 0 Å². The number of nitriles is 1. The predicted octanol–water partition coefficient (Wildman–Crippen LogP) is 2.67. The van der Waals surface area contributed by atoms with Crippen molar-refractivity contribution in [1.29, 1.82) is 5.26 Å². The molecule has 1 atom stereocenters. The third-order valence-corrected chi connectivity index (χ3v) is 2.52. The minimum absolute atomic E-state index is 0.462. The van der Waals surface area contributed by atoms with Crippen molar-refractivity contribution in [3.63, 3.8) is 0 Å². The Kier molecular flexibility index (Phi) is 2.24. The van der Waals surface area contributed by atoms with Gasteiger partial charge >= 0.3 is 0 Å². The van der Waals surface area contributed by atoms with Gasteiger partial charge in [0.1, 0.15) is 6.07 Å². The number of hydrogen-bond donors (Lipinski definition) is 0. The lowest BCUT2D eigenvalue weighted by molar-refractivity contribution is 0.759. The molecule has 0 amide bonds. The van der Waals surface area contributed by atoms with E-state index in [1.807, 2.05) is 24.3 Å². The van der Waals surface area contributed by atoms with Crippen LogP contribution in [0.2, 0.25) is 0 Å². The Hall–Kier alpha value is -1.75. The lowest BCUT2D eigenvalue weighted by atomic mass is 10.1. The highest BCUT2D eigenvalue weighted by Crippen LogP contribution is 2.26. The van der Waals surface area contributed by atoms with Crippen molar-refractivity contribution in [2.45, 2.75) is 19.4 Å². The normalized spacial score (nSPS) is 19.7. The van der Waals surface area contributed by atoms with Crippen molar-refractivity contribution in [2.24, 2.45) is 0 Å². The first-order valence-electron chi connectivity index (χ1n) is 4.77. The fourth-order valence-electron chi connectivity index (χ4n) is 1.74. The molecular weight excluding hydrogens is 172 g/mol. The molecule has 2 heteroatoms. The number of nitrogens with zero attached hydrogens (tertiary/aromatic N) is 2. The molecule has 0 N–H and O–H groups in total. The molecule has 1 unspecified atom stereocenters. The zero-order chi connectivity index (χ0) is 9.97. The maximum atomic E-state index is 8.96. The fourth-order valence-corrected chi connectivity index (χ4v) is 1.74. The van der Waals surface area contributed by atoms with Crippen LogP contribution in [-0.4, -0.2) is 6.04 Å². The van der Waals surface area contributed by atoms with E-state index in [1.54, 1.807) is 0 Å². The van der Waals surface area contributed by atoms with Crippen LogP contribution in [0.3, 0.4) is 0 Å². The monoisotopic (exact) mass is 184 g/mol. The average Bonchev–Trinajstić information content (AvgIpc) is 2.64. The molecule has 0 radical (unpaired) electrons. The maximum absolute atomic E-state index is 8.96. The van der Waals surface area contributed by atoms with Crippen LogP contribution in [0.1, 0.15) is 18.9 Å². The number of rotatable bonds is 1. The van der Waals surface area contributed by atoms with Gasteiger partial charge in [-0.15, -0.1) is 0 Å². The lowest BCUT2D eigenvalue weighted by Crippen LogP contribution is -2.23. The summed E-state index contributed by atoms with van der Waals surface area (Å²) in [5.41, 5.74) is 1.75. The highest BCUT2D eigenvalue weighted by atomic mass is 15.2. The van der Waals surface area contributed by atoms with Gasteiger partial charge in [0.05, 0.1) is 11.3 Å².